The van der Waals surface area contributed by atoms with Gasteiger partial charge in [-0.1, -0.05) is 6.07 Å². The topological polar surface area (TPSA) is 115 Å². The van der Waals surface area contributed by atoms with Gasteiger partial charge < -0.3 is 25.2 Å². The summed E-state index contributed by atoms with van der Waals surface area (Å²) in [4.78, 5) is 20.9. The molecule has 0 saturated carbocycles. The summed E-state index contributed by atoms with van der Waals surface area (Å²) in [6.07, 6.45) is -1.52. The van der Waals surface area contributed by atoms with Crippen LogP contribution in [0, 0.1) is 18.4 Å². The monoisotopic (exact) mass is 511 g/mol. The Kier molecular flexibility index (Phi) is 7.57. The van der Waals surface area contributed by atoms with E-state index >= 15 is 0 Å². The van der Waals surface area contributed by atoms with E-state index in [2.05, 4.69) is 40.2 Å². The second-order valence-electron chi connectivity index (χ2n) is 8.15. The standard InChI is InChI=1S/C24H24F3N9O/c1-16-20(32-17(2)29-14-28)4-3-5-21(16)33-22-30-15-31-23(34-22)36-12-10-35(11-13-36)18-6-8-19(9-7-18)37-24(25,26)27/h3-9,15H,10-13H2,1-2H3,(H,29,32)(H,30,31,33,34). The van der Waals surface area contributed by atoms with Gasteiger partial charge in [-0.2, -0.15) is 15.2 Å². The van der Waals surface area contributed by atoms with E-state index in [1.807, 2.05) is 30.0 Å². The van der Waals surface area contributed by atoms with Gasteiger partial charge >= 0.3 is 6.36 Å². The summed E-state index contributed by atoms with van der Waals surface area (Å²) in [7, 11) is 0. The smallest absolute Gasteiger partial charge is 0.406 e. The quantitative estimate of drug-likeness (QED) is 0.281. The van der Waals surface area contributed by atoms with Crippen molar-refractivity contribution in [2.45, 2.75) is 20.2 Å². The number of benzene rings is 2. The molecule has 192 valence electrons. The third-order valence-corrected chi connectivity index (χ3v) is 5.67. The van der Waals surface area contributed by atoms with Gasteiger partial charge in [-0.3, -0.25) is 0 Å². The zero-order chi connectivity index (χ0) is 26.4. The van der Waals surface area contributed by atoms with Gasteiger partial charge in [-0.25, -0.2) is 9.97 Å². The van der Waals surface area contributed by atoms with E-state index in [0.29, 0.717) is 43.9 Å². The van der Waals surface area contributed by atoms with Gasteiger partial charge in [0.1, 0.15) is 17.9 Å². The maximum Gasteiger partial charge on any atom is 0.573 e. The number of alkyl halides is 3. The molecule has 1 saturated heterocycles. The van der Waals surface area contributed by atoms with E-state index in [4.69, 9.17) is 5.26 Å². The number of nitrogens with one attached hydrogen (secondary N) is 2. The van der Waals surface area contributed by atoms with Crippen LogP contribution in [-0.4, -0.2) is 53.3 Å². The Labute approximate surface area is 211 Å². The molecule has 0 atom stereocenters. The number of aromatic nitrogens is 3. The van der Waals surface area contributed by atoms with Crippen molar-refractivity contribution in [2.75, 3.05) is 46.6 Å². The molecule has 0 bridgehead atoms. The van der Waals surface area contributed by atoms with Gasteiger partial charge in [0.15, 0.2) is 0 Å². The summed E-state index contributed by atoms with van der Waals surface area (Å²) >= 11 is 0. The van der Waals surface area contributed by atoms with E-state index in [-0.39, 0.29) is 5.75 Å². The third kappa shape index (κ3) is 6.75. The van der Waals surface area contributed by atoms with Gasteiger partial charge in [-0.05, 0) is 55.8 Å². The summed E-state index contributed by atoms with van der Waals surface area (Å²) < 4.78 is 41.1. The van der Waals surface area contributed by atoms with E-state index in [0.717, 1.165) is 22.6 Å². The molecule has 0 amide bonds. The lowest BCUT2D eigenvalue weighted by Crippen LogP contribution is -2.47. The first-order valence-corrected chi connectivity index (χ1v) is 11.3. The van der Waals surface area contributed by atoms with Crippen LogP contribution in [0.3, 0.4) is 0 Å². The van der Waals surface area contributed by atoms with Crippen molar-refractivity contribution in [3.05, 3.63) is 54.4 Å². The van der Waals surface area contributed by atoms with Crippen molar-refractivity contribution < 1.29 is 17.9 Å². The minimum Gasteiger partial charge on any atom is -0.406 e. The third-order valence-electron chi connectivity index (χ3n) is 5.67. The van der Waals surface area contributed by atoms with Crippen molar-refractivity contribution in [1.82, 2.24) is 15.0 Å². The first kappa shape index (κ1) is 25.5. The van der Waals surface area contributed by atoms with Crippen LogP contribution in [0.4, 0.5) is 42.1 Å². The number of anilines is 5. The lowest BCUT2D eigenvalue weighted by Gasteiger charge is -2.36. The molecule has 3 aromatic rings. The van der Waals surface area contributed by atoms with Crippen molar-refractivity contribution in [3.8, 4) is 11.9 Å². The first-order chi connectivity index (χ1) is 17.7. The molecule has 1 aromatic heterocycles. The number of ether oxygens (including phenoxy) is 1. The Morgan fingerprint density at radius 3 is 2.38 bits per heavy atom. The minimum absolute atomic E-state index is 0.248. The molecule has 13 heteroatoms. The number of aliphatic imine (C=N–C) groups is 1. The van der Waals surface area contributed by atoms with Gasteiger partial charge in [0.05, 0.1) is 0 Å². The van der Waals surface area contributed by atoms with Crippen molar-refractivity contribution in [2.24, 2.45) is 4.99 Å². The molecule has 2 aromatic carbocycles. The van der Waals surface area contributed by atoms with E-state index in [9.17, 15) is 13.2 Å². The van der Waals surface area contributed by atoms with Crippen LogP contribution in [0.25, 0.3) is 0 Å². The highest BCUT2D eigenvalue weighted by Crippen LogP contribution is 2.27. The number of hydrogen-bond donors (Lipinski definition) is 2. The summed E-state index contributed by atoms with van der Waals surface area (Å²) in [6.45, 7) is 6.17. The maximum atomic E-state index is 12.4. The molecule has 4 rings (SSSR count). The highest BCUT2D eigenvalue weighted by atomic mass is 19.4. The number of amidine groups is 1. The zero-order valence-corrected chi connectivity index (χ0v) is 20.1. The molecule has 1 aliphatic rings. The first-order valence-electron chi connectivity index (χ1n) is 11.3. The minimum atomic E-state index is -4.71. The Morgan fingerprint density at radius 1 is 1.03 bits per heavy atom. The predicted molar refractivity (Wildman–Crippen MR) is 134 cm³/mol. The van der Waals surface area contributed by atoms with Crippen LogP contribution in [0.1, 0.15) is 12.5 Å². The zero-order valence-electron chi connectivity index (χ0n) is 20.1. The van der Waals surface area contributed by atoms with Gasteiger partial charge in [0.2, 0.25) is 18.1 Å². The normalized spacial score (nSPS) is 14.2. The van der Waals surface area contributed by atoms with Crippen LogP contribution in [0.15, 0.2) is 53.8 Å². The average molecular weight is 512 g/mol. The Balaban J connectivity index is 1.39. The molecular formula is C24H24F3N9O. The lowest BCUT2D eigenvalue weighted by molar-refractivity contribution is -0.274. The summed E-state index contributed by atoms with van der Waals surface area (Å²) in [6, 6.07) is 11.5. The van der Waals surface area contributed by atoms with Gasteiger partial charge in [0.25, 0.3) is 0 Å². The van der Waals surface area contributed by atoms with Gasteiger partial charge in [0, 0.05) is 43.2 Å². The molecule has 1 fully saturated rings. The molecular weight excluding hydrogens is 487 g/mol. The van der Waals surface area contributed by atoms with E-state index in [1.165, 1.54) is 18.5 Å². The summed E-state index contributed by atoms with van der Waals surface area (Å²) in [5, 5.41) is 15.0. The van der Waals surface area contributed by atoms with Crippen LogP contribution in [0.5, 0.6) is 5.75 Å². The SMILES string of the molecule is C/C(=N\C#N)Nc1cccc(Nc2ncnc(N3CCN(c4ccc(OC(F)(F)F)cc4)CC3)n2)c1C. The Hall–Kier alpha value is -4.60. The fourth-order valence-corrected chi connectivity index (χ4v) is 3.85. The average Bonchev–Trinajstić information content (AvgIpc) is 2.86. The molecule has 0 spiro atoms. The van der Waals surface area contributed by atoms with Crippen molar-refractivity contribution >= 4 is 34.8 Å². The Morgan fingerprint density at radius 2 is 1.70 bits per heavy atom. The largest absolute Gasteiger partial charge is 0.573 e. The van der Waals surface area contributed by atoms with Crippen LogP contribution in [-0.2, 0) is 0 Å². The molecule has 2 N–H and O–H groups in total. The predicted octanol–water partition coefficient (Wildman–Crippen LogP) is 4.46. The lowest BCUT2D eigenvalue weighted by atomic mass is 10.1. The Bertz CT molecular complexity index is 1300. The van der Waals surface area contributed by atoms with Crippen LogP contribution < -0.4 is 25.2 Å². The number of piperazine rings is 1. The number of nitriles is 1. The second kappa shape index (κ2) is 11.0. The number of nitrogens with zero attached hydrogens (tertiary/aromatic N) is 7. The molecule has 10 nitrogen and oxygen atoms in total. The maximum absolute atomic E-state index is 12.4. The van der Waals surface area contributed by atoms with E-state index < -0.39 is 6.36 Å². The molecule has 0 radical (unpaired) electrons. The molecule has 0 aliphatic carbocycles. The molecule has 1 aliphatic heterocycles. The van der Waals surface area contributed by atoms with E-state index in [1.54, 1.807) is 25.2 Å². The van der Waals surface area contributed by atoms with Gasteiger partial charge in [-0.15, -0.1) is 13.2 Å². The van der Waals surface area contributed by atoms with Crippen molar-refractivity contribution in [1.29, 1.82) is 5.26 Å². The summed E-state index contributed by atoms with van der Waals surface area (Å²) in [5.74, 6) is 1.14. The number of hydrogen-bond acceptors (Lipinski definition) is 9. The fourth-order valence-electron chi connectivity index (χ4n) is 3.85. The molecule has 37 heavy (non-hydrogen) atoms. The van der Waals surface area contributed by atoms with Crippen LogP contribution in [0.2, 0.25) is 0 Å². The number of rotatable bonds is 6. The number of halogens is 3. The molecule has 0 unspecified atom stereocenters. The highest BCUT2D eigenvalue weighted by molar-refractivity contribution is 5.95. The molecule has 2 heterocycles. The fraction of sp³-hybridized carbons (Fsp3) is 0.292. The van der Waals surface area contributed by atoms with Crippen molar-refractivity contribution in [3.63, 3.8) is 0 Å². The summed E-state index contributed by atoms with van der Waals surface area (Å²) in [5.41, 5.74) is 3.29. The highest BCUT2D eigenvalue weighted by Gasteiger charge is 2.31. The van der Waals surface area contributed by atoms with Crippen LogP contribution >= 0.6 is 0 Å². The second-order valence-corrected chi connectivity index (χ2v) is 8.15.